The summed E-state index contributed by atoms with van der Waals surface area (Å²) >= 11 is 1.62. The molecule has 2 amide bonds. The number of thiazole rings is 1. The van der Waals surface area contributed by atoms with Crippen LogP contribution in [0.2, 0.25) is 0 Å². The van der Waals surface area contributed by atoms with E-state index in [2.05, 4.69) is 22.4 Å². The van der Waals surface area contributed by atoms with Crippen molar-refractivity contribution in [3.63, 3.8) is 0 Å². The maximum Gasteiger partial charge on any atom is 0.317 e. The van der Waals surface area contributed by atoms with Gasteiger partial charge >= 0.3 is 12.0 Å². The molecule has 1 aromatic carbocycles. The molecule has 2 heterocycles. The number of urea groups is 1. The number of aromatic nitrogens is 1. The topological polar surface area (TPSA) is 71.5 Å². The zero-order valence-electron chi connectivity index (χ0n) is 14.3. The Bertz CT molecular complexity index is 757. The molecule has 0 spiro atoms. The second kappa shape index (κ2) is 7.65. The number of esters is 1. The lowest BCUT2D eigenvalue weighted by Crippen LogP contribution is -2.38. The van der Waals surface area contributed by atoms with Crippen LogP contribution in [0.1, 0.15) is 24.6 Å². The maximum atomic E-state index is 12.2. The third-order valence-corrected chi connectivity index (χ3v) is 5.15. The maximum absolute atomic E-state index is 12.2. The zero-order valence-corrected chi connectivity index (χ0v) is 15.1. The molecular weight excluding hydrogens is 338 g/mol. The van der Waals surface area contributed by atoms with E-state index in [-0.39, 0.29) is 18.1 Å². The normalized spacial score (nSPS) is 16.7. The van der Waals surface area contributed by atoms with Crippen LogP contribution < -0.4 is 5.32 Å². The highest BCUT2D eigenvalue weighted by atomic mass is 32.1. The molecule has 0 radical (unpaired) electrons. The molecule has 0 aliphatic carbocycles. The molecule has 1 saturated heterocycles. The summed E-state index contributed by atoms with van der Waals surface area (Å²) in [5.41, 5.74) is 5.05. The molecule has 1 aliphatic heterocycles. The Labute approximate surface area is 150 Å². The van der Waals surface area contributed by atoms with Crippen LogP contribution in [-0.2, 0) is 16.1 Å². The molecule has 25 heavy (non-hydrogen) atoms. The van der Waals surface area contributed by atoms with E-state index in [1.54, 1.807) is 16.2 Å². The van der Waals surface area contributed by atoms with Crippen LogP contribution in [0.15, 0.2) is 29.8 Å². The van der Waals surface area contributed by atoms with E-state index in [1.165, 1.54) is 11.8 Å². The Hall–Kier alpha value is -2.41. The molecule has 0 saturated carbocycles. The second-order valence-corrected chi connectivity index (χ2v) is 6.94. The van der Waals surface area contributed by atoms with Gasteiger partial charge in [0.2, 0.25) is 0 Å². The summed E-state index contributed by atoms with van der Waals surface area (Å²) in [6, 6.07) is 8.00. The van der Waals surface area contributed by atoms with E-state index in [4.69, 9.17) is 4.74 Å². The first-order chi connectivity index (χ1) is 12.0. The van der Waals surface area contributed by atoms with Crippen molar-refractivity contribution >= 4 is 23.3 Å². The summed E-state index contributed by atoms with van der Waals surface area (Å²) in [7, 11) is 0. The number of ether oxygens (including phenoxy) is 1. The Kier molecular flexibility index (Phi) is 5.33. The van der Waals surface area contributed by atoms with Gasteiger partial charge in [0.05, 0.1) is 22.6 Å². The fraction of sp³-hybridized carbons (Fsp3) is 0.389. The monoisotopic (exact) mass is 359 g/mol. The highest BCUT2D eigenvalue weighted by Crippen LogP contribution is 2.27. The molecule has 1 N–H and O–H groups in total. The minimum Gasteiger partial charge on any atom is -0.461 e. The number of likely N-dealkylation sites (tertiary alicyclic amines) is 1. The van der Waals surface area contributed by atoms with Crippen LogP contribution in [0, 0.1) is 6.92 Å². The fourth-order valence-electron chi connectivity index (χ4n) is 2.89. The van der Waals surface area contributed by atoms with Crippen LogP contribution in [0.5, 0.6) is 0 Å². The van der Waals surface area contributed by atoms with Gasteiger partial charge in [-0.3, -0.25) is 4.79 Å². The van der Waals surface area contributed by atoms with Gasteiger partial charge < -0.3 is 15.0 Å². The van der Waals surface area contributed by atoms with Crippen LogP contribution in [0.4, 0.5) is 4.79 Å². The van der Waals surface area contributed by atoms with Crippen molar-refractivity contribution < 1.29 is 14.3 Å². The van der Waals surface area contributed by atoms with Gasteiger partial charge in [0.1, 0.15) is 6.10 Å². The van der Waals surface area contributed by atoms with Crippen LogP contribution in [0.25, 0.3) is 10.4 Å². The molecule has 2 aromatic rings. The number of nitrogens with one attached hydrogen (secondary N) is 1. The van der Waals surface area contributed by atoms with Crippen molar-refractivity contribution in [1.29, 1.82) is 0 Å². The minimum absolute atomic E-state index is 0.128. The third kappa shape index (κ3) is 4.36. The number of hydrogen-bond acceptors (Lipinski definition) is 5. The number of carbonyl (C=O) groups is 2. The van der Waals surface area contributed by atoms with E-state index < -0.39 is 0 Å². The van der Waals surface area contributed by atoms with Crippen LogP contribution >= 0.6 is 11.3 Å². The molecule has 1 unspecified atom stereocenters. The second-order valence-electron chi connectivity index (χ2n) is 6.09. The van der Waals surface area contributed by atoms with Gasteiger partial charge in [0.15, 0.2) is 0 Å². The quantitative estimate of drug-likeness (QED) is 0.852. The van der Waals surface area contributed by atoms with E-state index in [9.17, 15) is 9.59 Å². The summed E-state index contributed by atoms with van der Waals surface area (Å²) in [4.78, 5) is 30.3. The molecule has 3 rings (SSSR count). The molecule has 6 nitrogen and oxygen atoms in total. The van der Waals surface area contributed by atoms with Crippen molar-refractivity contribution in [2.24, 2.45) is 0 Å². The lowest BCUT2D eigenvalue weighted by atomic mass is 10.1. The molecular formula is C18H21N3O3S. The SMILES string of the molecule is CC(=O)OC1CCN(C(=O)NCc2ccc(-c3scnc3C)cc2)C1. The smallest absolute Gasteiger partial charge is 0.317 e. The number of nitrogens with zero attached hydrogens (tertiary/aromatic N) is 2. The van der Waals surface area contributed by atoms with Crippen molar-refractivity contribution in [2.45, 2.75) is 32.9 Å². The number of aryl methyl sites for hydroxylation is 1. The largest absolute Gasteiger partial charge is 0.461 e. The van der Waals surface area contributed by atoms with E-state index >= 15 is 0 Å². The number of benzene rings is 1. The van der Waals surface area contributed by atoms with E-state index in [0.717, 1.165) is 16.8 Å². The molecule has 7 heteroatoms. The van der Waals surface area contributed by atoms with Gasteiger partial charge in [-0.2, -0.15) is 0 Å². The molecule has 132 valence electrons. The highest BCUT2D eigenvalue weighted by molar-refractivity contribution is 7.13. The van der Waals surface area contributed by atoms with Gasteiger partial charge in [-0.1, -0.05) is 24.3 Å². The minimum atomic E-state index is -0.302. The summed E-state index contributed by atoms with van der Waals surface area (Å²) in [6.07, 6.45) is 0.501. The first-order valence-electron chi connectivity index (χ1n) is 8.22. The predicted molar refractivity (Wildman–Crippen MR) is 96.3 cm³/mol. The highest BCUT2D eigenvalue weighted by Gasteiger charge is 2.27. The average Bonchev–Trinajstić information content (AvgIpc) is 3.22. The molecule has 1 aromatic heterocycles. The predicted octanol–water partition coefficient (Wildman–Crippen LogP) is 2.97. The number of amides is 2. The molecule has 1 atom stereocenters. The Morgan fingerprint density at radius 1 is 1.36 bits per heavy atom. The van der Waals surface area contributed by atoms with E-state index in [1.807, 2.05) is 24.6 Å². The number of hydrogen-bond donors (Lipinski definition) is 1. The molecule has 1 fully saturated rings. The fourth-order valence-corrected chi connectivity index (χ4v) is 3.70. The summed E-state index contributed by atoms with van der Waals surface area (Å²) in [5, 5.41) is 2.92. The molecule has 1 aliphatic rings. The zero-order chi connectivity index (χ0) is 17.8. The summed E-state index contributed by atoms with van der Waals surface area (Å²) in [6.45, 7) is 4.91. The van der Waals surface area contributed by atoms with Crippen molar-refractivity contribution in [2.75, 3.05) is 13.1 Å². The third-order valence-electron chi connectivity index (χ3n) is 4.17. The van der Waals surface area contributed by atoms with E-state index in [0.29, 0.717) is 26.1 Å². The van der Waals surface area contributed by atoms with Crippen LogP contribution in [0.3, 0.4) is 0 Å². The average molecular weight is 359 g/mol. The first-order valence-corrected chi connectivity index (χ1v) is 9.10. The Morgan fingerprint density at radius 3 is 2.76 bits per heavy atom. The van der Waals surface area contributed by atoms with Gasteiger partial charge in [0, 0.05) is 26.4 Å². The summed E-state index contributed by atoms with van der Waals surface area (Å²) < 4.78 is 5.15. The van der Waals surface area contributed by atoms with Gasteiger partial charge in [0.25, 0.3) is 0 Å². The Balaban J connectivity index is 1.51. The number of rotatable bonds is 4. The van der Waals surface area contributed by atoms with Gasteiger partial charge in [-0.15, -0.1) is 11.3 Å². The Morgan fingerprint density at radius 2 is 2.12 bits per heavy atom. The standard InChI is InChI=1S/C18H21N3O3S/c1-12-17(25-11-20-12)15-5-3-14(4-6-15)9-19-18(23)21-8-7-16(10-21)24-13(2)22/h3-6,11,16H,7-10H2,1-2H3,(H,19,23). The molecule has 0 bridgehead atoms. The van der Waals surface area contributed by atoms with Crippen molar-refractivity contribution in [3.05, 3.63) is 41.0 Å². The first kappa shape index (κ1) is 17.4. The summed E-state index contributed by atoms with van der Waals surface area (Å²) in [5.74, 6) is -0.302. The number of carbonyl (C=O) groups excluding carboxylic acids is 2. The van der Waals surface area contributed by atoms with Crippen LogP contribution in [-0.4, -0.2) is 41.1 Å². The lowest BCUT2D eigenvalue weighted by molar-refractivity contribution is -0.145. The van der Waals surface area contributed by atoms with Gasteiger partial charge in [-0.25, -0.2) is 9.78 Å². The lowest BCUT2D eigenvalue weighted by Gasteiger charge is -2.17. The van der Waals surface area contributed by atoms with Crippen molar-refractivity contribution in [1.82, 2.24) is 15.2 Å². The van der Waals surface area contributed by atoms with Crippen molar-refractivity contribution in [3.8, 4) is 10.4 Å². The van der Waals surface area contributed by atoms with Gasteiger partial charge in [-0.05, 0) is 18.1 Å².